The van der Waals surface area contributed by atoms with Gasteiger partial charge in [0, 0.05) is 24.3 Å². The van der Waals surface area contributed by atoms with Gasteiger partial charge in [0.05, 0.1) is 34.0 Å². The minimum atomic E-state index is -3.26. The molecule has 0 fully saturated rings. The highest BCUT2D eigenvalue weighted by Crippen LogP contribution is 2.24. The van der Waals surface area contributed by atoms with Crippen LogP contribution in [0, 0.1) is 0 Å². The van der Waals surface area contributed by atoms with Crippen LogP contribution < -0.4 is 5.32 Å². The van der Waals surface area contributed by atoms with E-state index in [4.69, 9.17) is 11.6 Å². The molecule has 0 saturated carbocycles. The van der Waals surface area contributed by atoms with Gasteiger partial charge in [0.25, 0.3) is 11.8 Å². The molecule has 0 radical (unpaired) electrons. The summed E-state index contributed by atoms with van der Waals surface area (Å²) in [4.78, 5) is 31.7. The second kappa shape index (κ2) is 9.33. The monoisotopic (exact) mass is 483 g/mol. The number of nitrogens with one attached hydrogen (secondary N) is 1. The van der Waals surface area contributed by atoms with Gasteiger partial charge in [-0.15, -0.1) is 0 Å². The van der Waals surface area contributed by atoms with Crippen LogP contribution in [0.3, 0.4) is 0 Å². The van der Waals surface area contributed by atoms with Gasteiger partial charge in [-0.05, 0) is 41.5 Å². The van der Waals surface area contributed by atoms with Gasteiger partial charge in [0.1, 0.15) is 0 Å². The molecule has 1 N–H and O–H groups in total. The minimum Gasteiger partial charge on any atom is -0.348 e. The number of aromatic nitrogens is 1. The molecule has 0 unspecified atom stereocenters. The van der Waals surface area contributed by atoms with Crippen LogP contribution in [0.5, 0.6) is 0 Å². The van der Waals surface area contributed by atoms with E-state index < -0.39 is 9.84 Å². The van der Waals surface area contributed by atoms with Crippen molar-refractivity contribution in [3.63, 3.8) is 0 Å². The second-order valence-electron chi connectivity index (χ2n) is 7.74. The van der Waals surface area contributed by atoms with Crippen molar-refractivity contribution in [2.75, 3.05) is 5.75 Å². The topological polar surface area (TPSA) is 96.4 Å². The quantitative estimate of drug-likeness (QED) is 0.553. The molecule has 7 nitrogen and oxygen atoms in total. The average molecular weight is 484 g/mol. The van der Waals surface area contributed by atoms with Crippen LogP contribution in [0.15, 0.2) is 65.7 Å². The lowest BCUT2D eigenvalue weighted by atomic mass is 10.1. The van der Waals surface area contributed by atoms with E-state index in [2.05, 4.69) is 10.3 Å². The maximum atomic E-state index is 12.8. The molecule has 2 heterocycles. The minimum absolute atomic E-state index is 0.0320. The van der Waals surface area contributed by atoms with Gasteiger partial charge in [-0.25, -0.2) is 8.42 Å². The molecule has 2 amide bonds. The zero-order valence-electron chi connectivity index (χ0n) is 17.9. The fourth-order valence-corrected chi connectivity index (χ4v) is 4.57. The van der Waals surface area contributed by atoms with Gasteiger partial charge in [-0.3, -0.25) is 14.6 Å². The number of hydrogen-bond donors (Lipinski definition) is 1. The third kappa shape index (κ3) is 5.07. The SMILES string of the molecule is CCS(=O)(=O)c1ccc(CNC(=O)c2cnc3c(c2)C(=O)N(Cc2ccc(Cl)cc2)C3)cc1. The van der Waals surface area contributed by atoms with E-state index in [1.807, 2.05) is 12.1 Å². The van der Waals surface area contributed by atoms with Crippen molar-refractivity contribution >= 4 is 33.3 Å². The van der Waals surface area contributed by atoms with Crippen LogP contribution in [0.1, 0.15) is 44.5 Å². The van der Waals surface area contributed by atoms with Crippen molar-refractivity contribution < 1.29 is 18.0 Å². The Morgan fingerprint density at radius 2 is 1.76 bits per heavy atom. The van der Waals surface area contributed by atoms with Gasteiger partial charge >= 0.3 is 0 Å². The fourth-order valence-electron chi connectivity index (χ4n) is 3.55. The molecule has 0 aliphatic carbocycles. The van der Waals surface area contributed by atoms with Gasteiger partial charge in [-0.2, -0.15) is 0 Å². The predicted octanol–water partition coefficient (Wildman–Crippen LogP) is 3.61. The largest absolute Gasteiger partial charge is 0.348 e. The number of benzene rings is 2. The molecule has 4 rings (SSSR count). The summed E-state index contributed by atoms with van der Waals surface area (Å²) in [6, 6.07) is 15.3. The van der Waals surface area contributed by atoms with Gasteiger partial charge in [-0.1, -0.05) is 42.8 Å². The molecule has 33 heavy (non-hydrogen) atoms. The number of hydrogen-bond acceptors (Lipinski definition) is 5. The molecule has 0 saturated heterocycles. The second-order valence-corrected chi connectivity index (χ2v) is 10.5. The number of halogens is 1. The fraction of sp³-hybridized carbons (Fsp3) is 0.208. The standard InChI is InChI=1S/C24H22ClN3O4S/c1-2-33(31,32)20-9-5-16(6-10-20)12-27-23(29)18-11-21-22(26-13-18)15-28(24(21)30)14-17-3-7-19(25)8-4-17/h3-11,13H,2,12,14-15H2,1H3,(H,27,29). The normalized spacial score (nSPS) is 13.2. The average Bonchev–Trinajstić information content (AvgIpc) is 3.13. The zero-order valence-corrected chi connectivity index (χ0v) is 19.5. The Labute approximate surface area is 197 Å². The molecule has 3 aromatic rings. The van der Waals surface area contributed by atoms with Crippen LogP contribution in [-0.2, 0) is 29.5 Å². The number of amides is 2. The van der Waals surface area contributed by atoms with E-state index in [0.29, 0.717) is 34.9 Å². The number of carbonyl (C=O) groups is 2. The number of nitrogens with zero attached hydrogens (tertiary/aromatic N) is 2. The molecular weight excluding hydrogens is 462 g/mol. The van der Waals surface area contributed by atoms with Crippen LogP contribution in [0.25, 0.3) is 0 Å². The summed E-state index contributed by atoms with van der Waals surface area (Å²) >= 11 is 5.92. The highest BCUT2D eigenvalue weighted by molar-refractivity contribution is 7.91. The van der Waals surface area contributed by atoms with Crippen LogP contribution >= 0.6 is 11.6 Å². The van der Waals surface area contributed by atoms with Crippen molar-refractivity contribution in [1.82, 2.24) is 15.2 Å². The van der Waals surface area contributed by atoms with Crippen LogP contribution in [-0.4, -0.2) is 35.9 Å². The Morgan fingerprint density at radius 3 is 2.42 bits per heavy atom. The number of sulfone groups is 1. The number of fused-ring (bicyclic) bond motifs is 1. The molecule has 0 atom stereocenters. The lowest BCUT2D eigenvalue weighted by molar-refractivity contribution is 0.0766. The van der Waals surface area contributed by atoms with Crippen molar-refractivity contribution in [2.45, 2.75) is 31.5 Å². The zero-order chi connectivity index (χ0) is 23.6. The predicted molar refractivity (Wildman–Crippen MR) is 125 cm³/mol. The summed E-state index contributed by atoms with van der Waals surface area (Å²) < 4.78 is 23.8. The molecule has 1 aliphatic heterocycles. The molecule has 170 valence electrons. The molecule has 1 aromatic heterocycles. The number of rotatable bonds is 7. The van der Waals surface area contributed by atoms with Gasteiger partial charge < -0.3 is 10.2 Å². The smallest absolute Gasteiger partial charge is 0.256 e. The Bertz CT molecular complexity index is 1310. The molecule has 2 aromatic carbocycles. The Balaban J connectivity index is 1.40. The highest BCUT2D eigenvalue weighted by atomic mass is 35.5. The number of carbonyl (C=O) groups excluding carboxylic acids is 2. The summed E-state index contributed by atoms with van der Waals surface area (Å²) in [7, 11) is -3.26. The maximum Gasteiger partial charge on any atom is 0.256 e. The first-order valence-corrected chi connectivity index (χ1v) is 12.4. The summed E-state index contributed by atoms with van der Waals surface area (Å²) in [5, 5.41) is 3.42. The van der Waals surface area contributed by atoms with E-state index in [-0.39, 0.29) is 29.0 Å². The van der Waals surface area contributed by atoms with Crippen molar-refractivity contribution in [2.24, 2.45) is 0 Å². The summed E-state index contributed by atoms with van der Waals surface area (Å²) in [6.45, 7) is 2.62. The Kier molecular flexibility index (Phi) is 6.49. The first kappa shape index (κ1) is 22.9. The lowest BCUT2D eigenvalue weighted by Crippen LogP contribution is -2.24. The summed E-state index contributed by atoms with van der Waals surface area (Å²) in [5.74, 6) is -0.501. The Hall–Kier alpha value is -3.23. The van der Waals surface area contributed by atoms with Crippen molar-refractivity contribution in [3.05, 3.63) is 93.8 Å². The third-order valence-corrected chi connectivity index (χ3v) is 7.50. The number of pyridine rings is 1. The maximum absolute atomic E-state index is 12.8. The van der Waals surface area contributed by atoms with Crippen LogP contribution in [0.2, 0.25) is 5.02 Å². The van der Waals surface area contributed by atoms with E-state index in [1.54, 1.807) is 42.2 Å². The first-order valence-electron chi connectivity index (χ1n) is 10.4. The molecule has 0 spiro atoms. The third-order valence-electron chi connectivity index (χ3n) is 5.49. The van der Waals surface area contributed by atoms with Crippen molar-refractivity contribution in [1.29, 1.82) is 0 Å². The molecule has 9 heteroatoms. The molecule has 1 aliphatic rings. The molecule has 0 bridgehead atoms. The van der Waals surface area contributed by atoms with Crippen molar-refractivity contribution in [3.8, 4) is 0 Å². The highest BCUT2D eigenvalue weighted by Gasteiger charge is 2.29. The van der Waals surface area contributed by atoms with E-state index >= 15 is 0 Å². The van der Waals surface area contributed by atoms with E-state index in [0.717, 1.165) is 11.1 Å². The summed E-state index contributed by atoms with van der Waals surface area (Å²) in [5.41, 5.74) is 3.07. The van der Waals surface area contributed by atoms with Gasteiger partial charge in [0.2, 0.25) is 0 Å². The summed E-state index contributed by atoms with van der Waals surface area (Å²) in [6.07, 6.45) is 1.46. The first-order chi connectivity index (χ1) is 15.8. The van der Waals surface area contributed by atoms with Gasteiger partial charge in [0.15, 0.2) is 9.84 Å². The lowest BCUT2D eigenvalue weighted by Gasteiger charge is -2.15. The van der Waals surface area contributed by atoms with E-state index in [9.17, 15) is 18.0 Å². The molecular formula is C24H22ClN3O4S. The van der Waals surface area contributed by atoms with Crippen LogP contribution in [0.4, 0.5) is 0 Å². The van der Waals surface area contributed by atoms with E-state index in [1.165, 1.54) is 18.3 Å². The Morgan fingerprint density at radius 1 is 1.09 bits per heavy atom.